The number of carboxylic acid groups (broad SMARTS) is 1. The molecule has 2 bridgehead atoms. The SMILES string of the molecule is Cn1cc(-c2c(F)c(N[C@@H]3C4CCC(CC4)[C@H]3C(=O)O)nc(-c3c[nH]c4c(F)cc(F)cc34)c2C#N)cn1. The van der Waals surface area contributed by atoms with Gasteiger partial charge >= 0.3 is 5.97 Å². The molecule has 3 heterocycles. The Morgan fingerprint density at radius 2 is 1.95 bits per heavy atom. The van der Waals surface area contributed by atoms with Gasteiger partial charge in [0.05, 0.1) is 28.9 Å². The first-order valence-corrected chi connectivity index (χ1v) is 12.3. The Bertz CT molecular complexity index is 1630. The molecule has 8 nitrogen and oxygen atoms in total. The number of hydrogen-bond acceptors (Lipinski definition) is 5. The topological polar surface area (TPSA) is 120 Å². The summed E-state index contributed by atoms with van der Waals surface area (Å²) in [4.78, 5) is 19.4. The molecule has 1 aromatic carbocycles. The molecular formula is C27H23F3N6O2. The minimum absolute atomic E-state index is 0.0133. The van der Waals surface area contributed by atoms with Crippen LogP contribution in [0.5, 0.6) is 0 Å². The zero-order valence-corrected chi connectivity index (χ0v) is 20.3. The lowest BCUT2D eigenvalue weighted by molar-refractivity contribution is -0.148. The van der Waals surface area contributed by atoms with Crippen molar-refractivity contribution < 1.29 is 23.1 Å². The Labute approximate surface area is 215 Å². The van der Waals surface area contributed by atoms with Crippen LogP contribution in [0.2, 0.25) is 0 Å². The van der Waals surface area contributed by atoms with Crippen molar-refractivity contribution in [1.82, 2.24) is 19.7 Å². The van der Waals surface area contributed by atoms with E-state index in [0.29, 0.717) is 5.56 Å². The van der Waals surface area contributed by atoms with Crippen molar-refractivity contribution in [1.29, 1.82) is 5.26 Å². The maximum absolute atomic E-state index is 16.2. The Kier molecular flexibility index (Phi) is 5.63. The number of benzene rings is 1. The predicted molar refractivity (Wildman–Crippen MR) is 132 cm³/mol. The number of pyridine rings is 1. The smallest absolute Gasteiger partial charge is 0.308 e. The maximum atomic E-state index is 16.2. The van der Waals surface area contributed by atoms with Gasteiger partial charge in [-0.2, -0.15) is 10.4 Å². The number of nitrogens with zero attached hydrogens (tertiary/aromatic N) is 4. The number of halogens is 3. The summed E-state index contributed by atoms with van der Waals surface area (Å²) in [6.07, 6.45) is 7.62. The number of aromatic amines is 1. The molecular weight excluding hydrogens is 497 g/mol. The lowest BCUT2D eigenvalue weighted by Crippen LogP contribution is -2.51. The normalized spacial score (nSPS) is 22.5. The van der Waals surface area contributed by atoms with Gasteiger partial charge in [-0.1, -0.05) is 0 Å². The Balaban J connectivity index is 1.58. The number of aliphatic carboxylic acids is 1. The number of nitriles is 1. The number of anilines is 1. The molecule has 0 radical (unpaired) electrons. The molecule has 3 fully saturated rings. The number of hydrogen-bond donors (Lipinski definition) is 3. The van der Waals surface area contributed by atoms with Crippen LogP contribution in [-0.4, -0.2) is 36.9 Å². The van der Waals surface area contributed by atoms with E-state index >= 15 is 4.39 Å². The first-order valence-electron chi connectivity index (χ1n) is 12.3. The van der Waals surface area contributed by atoms with Crippen LogP contribution in [0.15, 0.2) is 30.7 Å². The number of aromatic nitrogens is 4. The number of aryl methyl sites for hydroxylation is 1. The summed E-state index contributed by atoms with van der Waals surface area (Å²) in [5.41, 5.74) is 0.343. The van der Waals surface area contributed by atoms with E-state index in [1.54, 1.807) is 13.2 Å². The van der Waals surface area contributed by atoms with Gasteiger partial charge in [0, 0.05) is 53.6 Å². The fraction of sp³-hybridized carbons (Fsp3) is 0.333. The second kappa shape index (κ2) is 8.90. The third-order valence-electron chi connectivity index (χ3n) is 8.01. The molecule has 3 N–H and O–H groups in total. The third kappa shape index (κ3) is 3.70. The lowest BCUT2D eigenvalue weighted by Gasteiger charge is -2.47. The number of H-pyrrole nitrogens is 1. The van der Waals surface area contributed by atoms with Crippen LogP contribution in [0.4, 0.5) is 19.0 Å². The van der Waals surface area contributed by atoms with Crippen LogP contribution in [-0.2, 0) is 11.8 Å². The standard InChI is InChI=1S/C27H23F3N6O2/c1-36-11-14(9-33-36)20-17(8-31)24(18-10-32-25-16(18)6-15(28)7-19(25)29)35-26(22(20)30)34-23-13-4-2-12(3-5-13)21(23)27(37)38/h6-7,9-13,21,23,32H,2-5H2,1H3,(H,34,35)(H,37,38)/t12?,13?,21-,23-/m1/s1. The van der Waals surface area contributed by atoms with E-state index in [2.05, 4.69) is 20.4 Å². The molecule has 0 unspecified atom stereocenters. The first kappa shape index (κ1) is 24.0. The van der Waals surface area contributed by atoms with Gasteiger partial charge in [0.2, 0.25) is 0 Å². The highest BCUT2D eigenvalue weighted by molar-refractivity contribution is 5.98. The average Bonchev–Trinajstić information content (AvgIpc) is 3.51. The van der Waals surface area contributed by atoms with Crippen LogP contribution in [0.1, 0.15) is 31.2 Å². The molecule has 4 aromatic rings. The highest BCUT2D eigenvalue weighted by Gasteiger charge is 2.47. The van der Waals surface area contributed by atoms with Crippen molar-refractivity contribution in [3.05, 3.63) is 53.7 Å². The summed E-state index contributed by atoms with van der Waals surface area (Å²) in [5.74, 6) is -4.31. The van der Waals surface area contributed by atoms with E-state index in [1.807, 2.05) is 6.07 Å². The van der Waals surface area contributed by atoms with E-state index in [1.165, 1.54) is 17.1 Å². The largest absolute Gasteiger partial charge is 0.481 e. The van der Waals surface area contributed by atoms with Gasteiger partial charge in [0.25, 0.3) is 0 Å². The van der Waals surface area contributed by atoms with Crippen molar-refractivity contribution >= 4 is 22.7 Å². The zero-order chi connectivity index (χ0) is 26.7. The Hall–Kier alpha value is -4.33. The van der Waals surface area contributed by atoms with Crippen LogP contribution in [0.3, 0.4) is 0 Å². The summed E-state index contributed by atoms with van der Waals surface area (Å²) < 4.78 is 46.3. The van der Waals surface area contributed by atoms with Crippen molar-refractivity contribution in [2.45, 2.75) is 31.7 Å². The fourth-order valence-electron chi connectivity index (χ4n) is 6.31. The quantitative estimate of drug-likeness (QED) is 0.332. The van der Waals surface area contributed by atoms with E-state index in [4.69, 9.17) is 0 Å². The van der Waals surface area contributed by atoms with Gasteiger partial charge in [0.15, 0.2) is 11.6 Å². The summed E-state index contributed by atoms with van der Waals surface area (Å²) in [6, 6.07) is 3.32. The fourth-order valence-corrected chi connectivity index (χ4v) is 6.31. The first-order chi connectivity index (χ1) is 18.3. The van der Waals surface area contributed by atoms with Crippen molar-refractivity contribution in [2.24, 2.45) is 24.8 Å². The maximum Gasteiger partial charge on any atom is 0.308 e. The number of carbonyl (C=O) groups is 1. The van der Waals surface area contributed by atoms with E-state index < -0.39 is 35.4 Å². The molecule has 11 heteroatoms. The molecule has 0 saturated heterocycles. The van der Waals surface area contributed by atoms with Gasteiger partial charge < -0.3 is 15.4 Å². The number of carboxylic acids is 1. The lowest BCUT2D eigenvalue weighted by atomic mass is 9.61. The van der Waals surface area contributed by atoms with Gasteiger partial charge in [-0.15, -0.1) is 0 Å². The number of nitrogens with one attached hydrogen (secondary N) is 2. The van der Waals surface area contributed by atoms with E-state index in [0.717, 1.165) is 37.8 Å². The number of rotatable bonds is 5. The Morgan fingerprint density at radius 1 is 1.21 bits per heavy atom. The molecule has 194 valence electrons. The van der Waals surface area contributed by atoms with Gasteiger partial charge in [-0.05, 0) is 43.6 Å². The molecule has 7 rings (SSSR count). The zero-order valence-electron chi connectivity index (χ0n) is 20.3. The monoisotopic (exact) mass is 520 g/mol. The van der Waals surface area contributed by atoms with Crippen LogP contribution in [0, 0.1) is 46.5 Å². The third-order valence-corrected chi connectivity index (χ3v) is 8.01. The molecule has 3 aliphatic carbocycles. The highest BCUT2D eigenvalue weighted by atomic mass is 19.1. The van der Waals surface area contributed by atoms with Crippen molar-refractivity contribution in [3.8, 4) is 28.5 Å². The van der Waals surface area contributed by atoms with Crippen LogP contribution in [0.25, 0.3) is 33.3 Å². The molecule has 3 saturated carbocycles. The molecule has 3 aliphatic rings. The van der Waals surface area contributed by atoms with Gasteiger partial charge in [-0.3, -0.25) is 9.48 Å². The minimum Gasteiger partial charge on any atom is -0.481 e. The summed E-state index contributed by atoms with van der Waals surface area (Å²) in [7, 11) is 1.65. The molecule has 0 amide bonds. The Morgan fingerprint density at radius 3 is 2.61 bits per heavy atom. The number of fused-ring (bicyclic) bond motifs is 4. The van der Waals surface area contributed by atoms with Crippen LogP contribution >= 0.6 is 0 Å². The van der Waals surface area contributed by atoms with E-state index in [9.17, 15) is 23.9 Å². The van der Waals surface area contributed by atoms with Gasteiger partial charge in [-0.25, -0.2) is 18.2 Å². The summed E-state index contributed by atoms with van der Waals surface area (Å²) in [5, 5.41) is 27.5. The minimum atomic E-state index is -0.943. The molecule has 2 atom stereocenters. The second-order valence-electron chi connectivity index (χ2n) is 10.1. The van der Waals surface area contributed by atoms with Gasteiger partial charge in [0.1, 0.15) is 17.7 Å². The van der Waals surface area contributed by atoms with Crippen LogP contribution < -0.4 is 5.32 Å². The molecule has 3 aromatic heterocycles. The van der Waals surface area contributed by atoms with Crippen molar-refractivity contribution in [2.75, 3.05) is 5.32 Å². The second-order valence-corrected chi connectivity index (χ2v) is 10.1. The van der Waals surface area contributed by atoms with E-state index in [-0.39, 0.29) is 50.9 Å². The summed E-state index contributed by atoms with van der Waals surface area (Å²) in [6.45, 7) is 0. The molecule has 0 spiro atoms. The average molecular weight is 521 g/mol. The molecule has 0 aliphatic heterocycles. The highest BCUT2D eigenvalue weighted by Crippen LogP contribution is 2.47. The van der Waals surface area contributed by atoms with Crippen molar-refractivity contribution in [3.63, 3.8) is 0 Å². The predicted octanol–water partition coefficient (Wildman–Crippen LogP) is 5.22. The summed E-state index contributed by atoms with van der Waals surface area (Å²) >= 11 is 0. The molecule has 38 heavy (non-hydrogen) atoms.